The third-order valence-electron chi connectivity index (χ3n) is 5.54. The highest BCUT2D eigenvalue weighted by Gasteiger charge is 2.26. The molecule has 1 atom stereocenters. The maximum absolute atomic E-state index is 12.8. The third-order valence-corrected chi connectivity index (χ3v) is 5.79. The number of carbonyl (C=O) groups excluding carboxylic acids is 1. The van der Waals surface area contributed by atoms with Crippen LogP contribution >= 0.6 is 11.6 Å². The van der Waals surface area contributed by atoms with Crippen LogP contribution in [0.3, 0.4) is 0 Å². The third kappa shape index (κ3) is 6.55. The van der Waals surface area contributed by atoms with Crippen molar-refractivity contribution in [1.82, 2.24) is 20.4 Å². The summed E-state index contributed by atoms with van der Waals surface area (Å²) in [6, 6.07) is 15.2. The number of hydrogen-bond donors (Lipinski definition) is 1. The minimum Gasteiger partial charge on any atom is -0.491 e. The van der Waals surface area contributed by atoms with Crippen molar-refractivity contribution < 1.29 is 14.1 Å². The molecule has 8 heteroatoms. The molecule has 0 bridgehead atoms. The van der Waals surface area contributed by atoms with E-state index in [9.17, 15) is 4.79 Å². The SMILES string of the molecule is CC(C)Oc1cccc(CNC(=O)C2CCCN(Cc3nc(-c4ccc(Cl)cc4)no3)C2)c1. The number of ether oxygens (including phenoxy) is 1. The van der Waals surface area contributed by atoms with Gasteiger partial charge < -0.3 is 14.6 Å². The minimum absolute atomic E-state index is 0.0625. The maximum Gasteiger partial charge on any atom is 0.241 e. The zero-order chi connectivity index (χ0) is 23.2. The molecule has 1 N–H and O–H groups in total. The minimum atomic E-state index is -0.0625. The normalized spacial score (nSPS) is 16.7. The smallest absolute Gasteiger partial charge is 0.241 e. The highest BCUT2D eigenvalue weighted by molar-refractivity contribution is 6.30. The fourth-order valence-corrected chi connectivity index (χ4v) is 4.10. The van der Waals surface area contributed by atoms with Crippen molar-refractivity contribution in [3.05, 3.63) is 65.0 Å². The summed E-state index contributed by atoms with van der Waals surface area (Å²) < 4.78 is 11.2. The van der Waals surface area contributed by atoms with Gasteiger partial charge in [-0.25, -0.2) is 0 Å². The molecule has 1 fully saturated rings. The quantitative estimate of drug-likeness (QED) is 0.516. The van der Waals surface area contributed by atoms with Crippen LogP contribution in [0, 0.1) is 5.92 Å². The molecule has 4 rings (SSSR count). The second kappa shape index (κ2) is 10.8. The standard InChI is InChI=1S/C25H29ClN4O3/c1-17(2)32-22-7-3-5-18(13-22)14-27-25(31)20-6-4-12-30(15-20)16-23-28-24(29-33-23)19-8-10-21(26)11-9-19/h3,5,7-11,13,17,20H,4,6,12,14-16H2,1-2H3,(H,27,31). The summed E-state index contributed by atoms with van der Waals surface area (Å²) in [6.07, 6.45) is 1.94. The van der Waals surface area contributed by atoms with Crippen LogP contribution in [0.25, 0.3) is 11.4 Å². The van der Waals surface area contributed by atoms with Gasteiger partial charge in [-0.3, -0.25) is 9.69 Å². The number of rotatable bonds is 8. The Morgan fingerprint density at radius 3 is 2.88 bits per heavy atom. The number of nitrogens with zero attached hydrogens (tertiary/aromatic N) is 3. The van der Waals surface area contributed by atoms with E-state index in [2.05, 4.69) is 20.4 Å². The largest absolute Gasteiger partial charge is 0.491 e. The van der Waals surface area contributed by atoms with Crippen LogP contribution in [-0.4, -0.2) is 40.1 Å². The lowest BCUT2D eigenvalue weighted by Gasteiger charge is -2.30. The molecule has 33 heavy (non-hydrogen) atoms. The maximum atomic E-state index is 12.8. The molecule has 0 spiro atoms. The number of piperidine rings is 1. The molecule has 1 aliphatic heterocycles. The van der Waals surface area contributed by atoms with Crippen molar-refractivity contribution >= 4 is 17.5 Å². The molecule has 0 aliphatic carbocycles. The van der Waals surface area contributed by atoms with Crippen molar-refractivity contribution in [2.75, 3.05) is 13.1 Å². The van der Waals surface area contributed by atoms with Gasteiger partial charge in [0.2, 0.25) is 17.6 Å². The Morgan fingerprint density at radius 2 is 2.09 bits per heavy atom. The summed E-state index contributed by atoms with van der Waals surface area (Å²) >= 11 is 5.95. The fourth-order valence-electron chi connectivity index (χ4n) is 3.97. The first kappa shape index (κ1) is 23.3. The summed E-state index contributed by atoms with van der Waals surface area (Å²) in [6.45, 7) is 6.57. The van der Waals surface area contributed by atoms with Crippen molar-refractivity contribution in [2.45, 2.75) is 45.9 Å². The monoisotopic (exact) mass is 468 g/mol. The molecule has 0 saturated carbocycles. The number of benzene rings is 2. The van der Waals surface area contributed by atoms with Crippen LogP contribution in [0.2, 0.25) is 5.02 Å². The van der Waals surface area contributed by atoms with Crippen LogP contribution in [0.4, 0.5) is 0 Å². The summed E-state index contributed by atoms with van der Waals surface area (Å²) in [4.78, 5) is 19.5. The first-order valence-electron chi connectivity index (χ1n) is 11.3. The van der Waals surface area contributed by atoms with Gasteiger partial charge in [0.1, 0.15) is 5.75 Å². The number of likely N-dealkylation sites (tertiary alicyclic amines) is 1. The Bertz CT molecular complexity index is 1070. The van der Waals surface area contributed by atoms with Crippen molar-refractivity contribution in [1.29, 1.82) is 0 Å². The number of amides is 1. The molecule has 2 aromatic carbocycles. The van der Waals surface area contributed by atoms with E-state index in [-0.39, 0.29) is 17.9 Å². The van der Waals surface area contributed by atoms with E-state index in [1.54, 1.807) is 12.1 Å². The van der Waals surface area contributed by atoms with Crippen LogP contribution in [0.5, 0.6) is 5.75 Å². The Hall–Kier alpha value is -2.90. The molecule has 1 aliphatic rings. The molecule has 1 aromatic heterocycles. The van der Waals surface area contributed by atoms with Gasteiger partial charge in [0.15, 0.2) is 0 Å². The van der Waals surface area contributed by atoms with E-state index in [4.69, 9.17) is 20.9 Å². The number of halogens is 1. The number of carbonyl (C=O) groups is 1. The van der Waals surface area contributed by atoms with Crippen LogP contribution in [-0.2, 0) is 17.9 Å². The molecule has 174 valence electrons. The van der Waals surface area contributed by atoms with Gasteiger partial charge in [-0.1, -0.05) is 28.9 Å². The fraction of sp³-hybridized carbons (Fsp3) is 0.400. The molecule has 3 aromatic rings. The molecular weight excluding hydrogens is 440 g/mol. The van der Waals surface area contributed by atoms with E-state index in [0.29, 0.717) is 36.4 Å². The molecule has 7 nitrogen and oxygen atoms in total. The van der Waals surface area contributed by atoms with Gasteiger partial charge in [0, 0.05) is 23.7 Å². The Labute approximate surface area is 199 Å². The molecular formula is C25H29ClN4O3. The number of hydrogen-bond acceptors (Lipinski definition) is 6. The van der Waals surface area contributed by atoms with Crippen LogP contribution < -0.4 is 10.1 Å². The lowest BCUT2D eigenvalue weighted by atomic mass is 9.97. The van der Waals surface area contributed by atoms with Gasteiger partial charge in [-0.2, -0.15) is 4.98 Å². The zero-order valence-corrected chi connectivity index (χ0v) is 19.7. The summed E-state index contributed by atoms with van der Waals surface area (Å²) in [5.41, 5.74) is 1.88. The lowest BCUT2D eigenvalue weighted by molar-refractivity contribution is -0.127. The Balaban J connectivity index is 1.29. The van der Waals surface area contributed by atoms with E-state index >= 15 is 0 Å². The summed E-state index contributed by atoms with van der Waals surface area (Å²) in [7, 11) is 0. The van der Waals surface area contributed by atoms with Crippen molar-refractivity contribution in [3.63, 3.8) is 0 Å². The van der Waals surface area contributed by atoms with E-state index in [0.717, 1.165) is 36.3 Å². The summed E-state index contributed by atoms with van der Waals surface area (Å²) in [5.74, 6) is 1.91. The lowest BCUT2D eigenvalue weighted by Crippen LogP contribution is -2.42. The second-order valence-electron chi connectivity index (χ2n) is 8.62. The predicted octanol–water partition coefficient (Wildman–Crippen LogP) is 4.71. The Morgan fingerprint density at radius 1 is 1.27 bits per heavy atom. The van der Waals surface area contributed by atoms with Gasteiger partial charge in [-0.15, -0.1) is 0 Å². The Kier molecular flexibility index (Phi) is 7.62. The topological polar surface area (TPSA) is 80.5 Å². The first-order chi connectivity index (χ1) is 16.0. The van der Waals surface area contributed by atoms with Crippen molar-refractivity contribution in [2.24, 2.45) is 5.92 Å². The van der Waals surface area contributed by atoms with Crippen LogP contribution in [0.1, 0.15) is 38.1 Å². The molecule has 1 saturated heterocycles. The summed E-state index contributed by atoms with van der Waals surface area (Å²) in [5, 5.41) is 7.82. The predicted molar refractivity (Wildman–Crippen MR) is 127 cm³/mol. The first-order valence-corrected chi connectivity index (χ1v) is 11.7. The average molecular weight is 469 g/mol. The molecule has 0 radical (unpaired) electrons. The second-order valence-corrected chi connectivity index (χ2v) is 9.06. The number of aromatic nitrogens is 2. The van der Waals surface area contributed by atoms with Gasteiger partial charge in [-0.05, 0) is 75.2 Å². The highest BCUT2D eigenvalue weighted by Crippen LogP contribution is 2.22. The van der Waals surface area contributed by atoms with Crippen LogP contribution in [0.15, 0.2) is 53.1 Å². The zero-order valence-electron chi connectivity index (χ0n) is 19.0. The molecule has 1 amide bonds. The van der Waals surface area contributed by atoms with E-state index in [1.807, 2.05) is 50.2 Å². The van der Waals surface area contributed by atoms with Gasteiger partial charge in [0.05, 0.1) is 18.6 Å². The molecule has 1 unspecified atom stereocenters. The average Bonchev–Trinajstić information content (AvgIpc) is 3.26. The van der Waals surface area contributed by atoms with Gasteiger partial charge >= 0.3 is 0 Å². The van der Waals surface area contributed by atoms with Gasteiger partial charge in [0.25, 0.3) is 0 Å². The van der Waals surface area contributed by atoms with E-state index in [1.165, 1.54) is 0 Å². The molecule has 2 heterocycles. The number of nitrogens with one attached hydrogen (secondary N) is 1. The highest BCUT2D eigenvalue weighted by atomic mass is 35.5. The van der Waals surface area contributed by atoms with E-state index < -0.39 is 0 Å². The van der Waals surface area contributed by atoms with Crippen molar-refractivity contribution in [3.8, 4) is 17.1 Å².